The van der Waals surface area contributed by atoms with Crippen LogP contribution in [0.4, 0.5) is 10.2 Å². The fourth-order valence-corrected chi connectivity index (χ4v) is 3.34. The average Bonchev–Trinajstić information content (AvgIpc) is 2.55. The van der Waals surface area contributed by atoms with Crippen LogP contribution < -0.4 is 17.2 Å². The van der Waals surface area contributed by atoms with Crippen molar-refractivity contribution >= 4 is 5.82 Å². The molecule has 0 saturated heterocycles. The highest BCUT2D eigenvalue weighted by Crippen LogP contribution is 2.27. The van der Waals surface area contributed by atoms with E-state index in [0.29, 0.717) is 29.6 Å². The maximum absolute atomic E-state index is 14.4. The third-order valence-corrected chi connectivity index (χ3v) is 4.85. The molecule has 0 unspecified atom stereocenters. The lowest BCUT2D eigenvalue weighted by atomic mass is 9.83. The summed E-state index contributed by atoms with van der Waals surface area (Å²) >= 11 is 0. The topological polar surface area (TPSA) is 86.9 Å². The van der Waals surface area contributed by atoms with Gasteiger partial charge in [-0.15, -0.1) is 0 Å². The zero-order chi connectivity index (χ0) is 17.1. The van der Waals surface area contributed by atoms with E-state index >= 15 is 0 Å². The molecular formula is C18H23FN4O. The summed E-state index contributed by atoms with van der Waals surface area (Å²) in [5, 5.41) is 0. The normalized spacial score (nSPS) is 20.9. The Bertz CT molecular complexity index is 766. The second-order valence-electron chi connectivity index (χ2n) is 6.60. The van der Waals surface area contributed by atoms with Gasteiger partial charge >= 0.3 is 5.69 Å². The highest BCUT2D eigenvalue weighted by atomic mass is 19.1. The first-order chi connectivity index (χ1) is 11.5. The van der Waals surface area contributed by atoms with Gasteiger partial charge in [0.15, 0.2) is 0 Å². The SMILES string of the molecule is Nc1ccn(-c2ccc(CC[C@H]3CC[C@H](N)CC3)c(F)c2)c(=O)n1. The molecule has 0 amide bonds. The van der Waals surface area contributed by atoms with Crippen molar-refractivity contribution in [3.63, 3.8) is 0 Å². The van der Waals surface area contributed by atoms with E-state index < -0.39 is 5.69 Å². The molecule has 2 aromatic rings. The number of aromatic nitrogens is 2. The molecule has 128 valence electrons. The Kier molecular flexibility index (Phi) is 4.94. The number of nitrogens with two attached hydrogens (primary N) is 2. The van der Waals surface area contributed by atoms with Crippen LogP contribution >= 0.6 is 0 Å². The molecule has 4 N–H and O–H groups in total. The minimum absolute atomic E-state index is 0.153. The minimum atomic E-state index is -0.513. The van der Waals surface area contributed by atoms with Crippen LogP contribution in [0.25, 0.3) is 5.69 Å². The lowest BCUT2D eigenvalue weighted by Gasteiger charge is -2.26. The monoisotopic (exact) mass is 330 g/mol. The summed E-state index contributed by atoms with van der Waals surface area (Å²) in [6, 6.07) is 6.73. The fourth-order valence-electron chi connectivity index (χ4n) is 3.34. The van der Waals surface area contributed by atoms with E-state index in [9.17, 15) is 9.18 Å². The van der Waals surface area contributed by atoms with Gasteiger partial charge in [-0.1, -0.05) is 6.07 Å². The molecule has 0 aliphatic heterocycles. The van der Waals surface area contributed by atoms with Crippen LogP contribution in [0.15, 0.2) is 35.3 Å². The van der Waals surface area contributed by atoms with E-state index in [2.05, 4.69) is 4.98 Å². The molecule has 5 nitrogen and oxygen atoms in total. The quantitative estimate of drug-likeness (QED) is 0.901. The van der Waals surface area contributed by atoms with Crippen molar-refractivity contribution in [1.29, 1.82) is 0 Å². The smallest absolute Gasteiger partial charge is 0.354 e. The molecule has 0 bridgehead atoms. The highest BCUT2D eigenvalue weighted by Gasteiger charge is 2.18. The lowest BCUT2D eigenvalue weighted by molar-refractivity contribution is 0.310. The first-order valence-electron chi connectivity index (χ1n) is 8.42. The largest absolute Gasteiger partial charge is 0.383 e. The molecule has 3 rings (SSSR count). The van der Waals surface area contributed by atoms with Crippen LogP contribution in [0, 0.1) is 11.7 Å². The van der Waals surface area contributed by atoms with Crippen LogP contribution in [-0.4, -0.2) is 15.6 Å². The van der Waals surface area contributed by atoms with Gasteiger partial charge in [0, 0.05) is 12.2 Å². The predicted molar refractivity (Wildman–Crippen MR) is 92.5 cm³/mol. The molecule has 1 aliphatic rings. The summed E-state index contributed by atoms with van der Waals surface area (Å²) in [7, 11) is 0. The van der Waals surface area contributed by atoms with Gasteiger partial charge in [0.2, 0.25) is 0 Å². The van der Waals surface area contributed by atoms with Crippen LogP contribution in [0.1, 0.15) is 37.7 Å². The van der Waals surface area contributed by atoms with Gasteiger partial charge in [0.05, 0.1) is 5.69 Å². The van der Waals surface area contributed by atoms with Gasteiger partial charge < -0.3 is 11.5 Å². The number of nitrogen functional groups attached to an aromatic ring is 1. The third kappa shape index (κ3) is 3.82. The number of aryl methyl sites for hydroxylation is 1. The van der Waals surface area contributed by atoms with Gasteiger partial charge in [-0.3, -0.25) is 4.57 Å². The van der Waals surface area contributed by atoms with E-state index in [1.54, 1.807) is 12.1 Å². The van der Waals surface area contributed by atoms with Crippen molar-refractivity contribution in [2.75, 3.05) is 5.73 Å². The Morgan fingerprint density at radius 3 is 2.62 bits per heavy atom. The summed E-state index contributed by atoms with van der Waals surface area (Å²) in [6.07, 6.45) is 7.59. The number of rotatable bonds is 4. The van der Waals surface area contributed by atoms with Crippen molar-refractivity contribution in [2.45, 2.75) is 44.6 Å². The molecule has 24 heavy (non-hydrogen) atoms. The van der Waals surface area contributed by atoms with E-state index in [1.807, 2.05) is 0 Å². The molecule has 0 atom stereocenters. The molecule has 0 spiro atoms. The number of anilines is 1. The van der Waals surface area contributed by atoms with Gasteiger partial charge in [-0.05, 0) is 68.2 Å². The average molecular weight is 330 g/mol. The second-order valence-corrected chi connectivity index (χ2v) is 6.60. The third-order valence-electron chi connectivity index (χ3n) is 4.85. The molecule has 0 radical (unpaired) electrons. The molecule has 1 aliphatic carbocycles. The van der Waals surface area contributed by atoms with Gasteiger partial charge in [0.25, 0.3) is 0 Å². The molecular weight excluding hydrogens is 307 g/mol. The Hall–Kier alpha value is -2.21. The molecule has 1 fully saturated rings. The highest BCUT2D eigenvalue weighted by molar-refractivity contribution is 5.37. The van der Waals surface area contributed by atoms with E-state index in [0.717, 1.165) is 32.1 Å². The predicted octanol–water partition coefficient (Wildman–Crippen LogP) is 2.40. The first kappa shape index (κ1) is 16.6. The Morgan fingerprint density at radius 2 is 1.96 bits per heavy atom. The van der Waals surface area contributed by atoms with Crippen molar-refractivity contribution in [2.24, 2.45) is 11.7 Å². The number of benzene rings is 1. The van der Waals surface area contributed by atoms with Gasteiger partial charge in [-0.2, -0.15) is 4.98 Å². The lowest BCUT2D eigenvalue weighted by Crippen LogP contribution is -2.26. The standard InChI is InChI=1S/C18H23FN4O/c19-16-11-15(23-10-9-17(21)22-18(23)24)8-5-13(16)4-1-12-2-6-14(20)7-3-12/h5,8-12,14H,1-4,6-7,20H2,(H2,21,22,24)/t12-,14-. The molecule has 1 saturated carbocycles. The van der Waals surface area contributed by atoms with Gasteiger partial charge in [-0.25, -0.2) is 9.18 Å². The van der Waals surface area contributed by atoms with Crippen LogP contribution in [0.3, 0.4) is 0 Å². The Labute approximate surface area is 140 Å². The number of halogens is 1. The van der Waals surface area contributed by atoms with E-state index in [4.69, 9.17) is 11.5 Å². The number of hydrogen-bond donors (Lipinski definition) is 2. The number of nitrogens with zero attached hydrogens (tertiary/aromatic N) is 2. The maximum Gasteiger partial charge on any atom is 0.354 e. The van der Waals surface area contributed by atoms with Crippen LogP contribution in [-0.2, 0) is 6.42 Å². The van der Waals surface area contributed by atoms with Crippen molar-refractivity contribution < 1.29 is 4.39 Å². The van der Waals surface area contributed by atoms with E-state index in [-0.39, 0.29) is 11.6 Å². The maximum atomic E-state index is 14.4. The minimum Gasteiger partial charge on any atom is -0.383 e. The molecule has 1 aromatic heterocycles. The molecule has 1 aromatic carbocycles. The summed E-state index contributed by atoms with van der Waals surface area (Å²) in [6.45, 7) is 0. The Morgan fingerprint density at radius 1 is 1.21 bits per heavy atom. The summed E-state index contributed by atoms with van der Waals surface area (Å²) in [4.78, 5) is 15.5. The Balaban J connectivity index is 1.69. The first-order valence-corrected chi connectivity index (χ1v) is 8.42. The number of hydrogen-bond acceptors (Lipinski definition) is 4. The van der Waals surface area contributed by atoms with Crippen molar-refractivity contribution in [1.82, 2.24) is 9.55 Å². The summed E-state index contributed by atoms with van der Waals surface area (Å²) in [5.74, 6) is 0.497. The van der Waals surface area contributed by atoms with Crippen molar-refractivity contribution in [3.05, 3.63) is 52.3 Å². The second kappa shape index (κ2) is 7.13. The van der Waals surface area contributed by atoms with Crippen LogP contribution in [0.2, 0.25) is 0 Å². The van der Waals surface area contributed by atoms with Crippen molar-refractivity contribution in [3.8, 4) is 5.69 Å². The van der Waals surface area contributed by atoms with Gasteiger partial charge in [0.1, 0.15) is 11.6 Å². The van der Waals surface area contributed by atoms with E-state index in [1.165, 1.54) is 22.9 Å². The fraction of sp³-hybridized carbons (Fsp3) is 0.444. The molecule has 6 heteroatoms. The summed E-state index contributed by atoms with van der Waals surface area (Å²) in [5.41, 5.74) is 12.0. The molecule has 1 heterocycles. The zero-order valence-corrected chi connectivity index (χ0v) is 13.6. The summed E-state index contributed by atoms with van der Waals surface area (Å²) < 4.78 is 15.7. The van der Waals surface area contributed by atoms with Crippen LogP contribution in [0.5, 0.6) is 0 Å². The zero-order valence-electron chi connectivity index (χ0n) is 13.6.